The third kappa shape index (κ3) is 4.04. The molecule has 3 nitrogen and oxygen atoms in total. The molecule has 1 N–H and O–H groups in total. The zero-order valence-corrected chi connectivity index (χ0v) is 13.0. The minimum Gasteiger partial charge on any atom is -0.352 e. The van der Waals surface area contributed by atoms with E-state index in [0.29, 0.717) is 5.56 Å². The molecule has 0 radical (unpaired) electrons. The normalized spacial score (nSPS) is 10.7. The first-order valence-corrected chi connectivity index (χ1v) is 8.13. The first kappa shape index (κ1) is 15.0. The van der Waals surface area contributed by atoms with Crippen molar-refractivity contribution in [3.63, 3.8) is 0 Å². The van der Waals surface area contributed by atoms with Gasteiger partial charge in [-0.15, -0.1) is 0 Å². The summed E-state index contributed by atoms with van der Waals surface area (Å²) in [5, 5.41) is 5.03. The van der Waals surface area contributed by atoms with Gasteiger partial charge in [0.25, 0.3) is 5.91 Å². The average molecular weight is 335 g/mol. The topological polar surface area (TPSA) is 42.0 Å². The maximum Gasteiger partial charge on any atom is 0.253 e. The summed E-state index contributed by atoms with van der Waals surface area (Å²) in [6.07, 6.45) is 6.30. The van der Waals surface area contributed by atoms with Gasteiger partial charge in [0.2, 0.25) is 0 Å². The molecule has 0 saturated heterocycles. The van der Waals surface area contributed by atoms with E-state index >= 15 is 0 Å². The summed E-state index contributed by atoms with van der Waals surface area (Å²) in [5.41, 5.74) is 1.43. The van der Waals surface area contributed by atoms with Gasteiger partial charge in [-0.1, -0.05) is 47.0 Å². The van der Waals surface area contributed by atoms with E-state index in [1.807, 2.05) is 30.3 Å². The zero-order chi connectivity index (χ0) is 14.2. The van der Waals surface area contributed by atoms with Gasteiger partial charge in [0, 0.05) is 23.5 Å². The Morgan fingerprint density at radius 3 is 2.75 bits per heavy atom. The van der Waals surface area contributed by atoms with E-state index in [0.717, 1.165) is 35.6 Å². The van der Waals surface area contributed by atoms with Gasteiger partial charge in [0.05, 0.1) is 11.1 Å². The second-order valence-corrected chi connectivity index (χ2v) is 5.53. The molecule has 0 fully saturated rings. The lowest BCUT2D eigenvalue weighted by Crippen LogP contribution is -2.24. The Morgan fingerprint density at radius 1 is 1.10 bits per heavy atom. The number of halogens is 1. The van der Waals surface area contributed by atoms with Gasteiger partial charge in [-0.25, -0.2) is 0 Å². The van der Waals surface area contributed by atoms with Crippen molar-refractivity contribution in [2.75, 3.05) is 11.9 Å². The Labute approximate surface area is 127 Å². The molecule has 0 aliphatic carbocycles. The number of hydrogen-bond acceptors (Lipinski definition) is 2. The molecule has 4 heteroatoms. The number of nitrogens with one attached hydrogen (secondary N) is 1. The van der Waals surface area contributed by atoms with Crippen molar-refractivity contribution >= 4 is 32.7 Å². The van der Waals surface area contributed by atoms with Gasteiger partial charge in [0.1, 0.15) is 0 Å². The highest BCUT2D eigenvalue weighted by Gasteiger charge is 2.09. The molecule has 1 amide bonds. The lowest BCUT2D eigenvalue weighted by molar-refractivity contribution is 0.0954. The number of aromatic nitrogens is 1. The van der Waals surface area contributed by atoms with Crippen molar-refractivity contribution in [3.05, 3.63) is 42.1 Å². The second-order valence-electron chi connectivity index (χ2n) is 4.74. The van der Waals surface area contributed by atoms with Crippen molar-refractivity contribution in [3.8, 4) is 0 Å². The van der Waals surface area contributed by atoms with Crippen molar-refractivity contribution in [2.24, 2.45) is 0 Å². The molecule has 1 aromatic carbocycles. The number of unbranched alkanes of at least 4 members (excludes halogenated alkanes) is 3. The van der Waals surface area contributed by atoms with Gasteiger partial charge < -0.3 is 5.32 Å². The van der Waals surface area contributed by atoms with Crippen LogP contribution in [0.2, 0.25) is 0 Å². The summed E-state index contributed by atoms with van der Waals surface area (Å²) < 4.78 is 0. The molecule has 20 heavy (non-hydrogen) atoms. The Hall–Kier alpha value is -1.42. The fraction of sp³-hybridized carbons (Fsp3) is 0.375. The molecule has 0 saturated carbocycles. The van der Waals surface area contributed by atoms with Crippen molar-refractivity contribution in [1.29, 1.82) is 0 Å². The van der Waals surface area contributed by atoms with Crippen molar-refractivity contribution in [2.45, 2.75) is 25.7 Å². The molecule has 106 valence electrons. The first-order valence-electron chi connectivity index (χ1n) is 7.01. The van der Waals surface area contributed by atoms with Crippen LogP contribution in [-0.2, 0) is 0 Å². The summed E-state index contributed by atoms with van der Waals surface area (Å²) in [6, 6.07) is 9.55. The fourth-order valence-corrected chi connectivity index (χ4v) is 2.55. The number of carbonyl (C=O) groups excluding carboxylic acids is 1. The molecule has 0 aliphatic heterocycles. The van der Waals surface area contributed by atoms with Crippen LogP contribution in [0.15, 0.2) is 36.5 Å². The molecule has 0 bridgehead atoms. The van der Waals surface area contributed by atoms with Gasteiger partial charge in [0.15, 0.2) is 0 Å². The average Bonchev–Trinajstić information content (AvgIpc) is 2.50. The predicted molar refractivity (Wildman–Crippen MR) is 86.3 cm³/mol. The van der Waals surface area contributed by atoms with Crippen LogP contribution in [-0.4, -0.2) is 22.8 Å². The minimum atomic E-state index is -0.0326. The molecule has 2 rings (SSSR count). The fourth-order valence-electron chi connectivity index (χ4n) is 2.16. The number of hydrogen-bond donors (Lipinski definition) is 1. The highest BCUT2D eigenvalue weighted by molar-refractivity contribution is 9.09. The van der Waals surface area contributed by atoms with Crippen LogP contribution < -0.4 is 5.32 Å². The van der Waals surface area contributed by atoms with E-state index in [4.69, 9.17) is 0 Å². The monoisotopic (exact) mass is 334 g/mol. The van der Waals surface area contributed by atoms with Gasteiger partial charge in [-0.3, -0.25) is 9.78 Å². The van der Waals surface area contributed by atoms with Gasteiger partial charge in [-0.05, 0) is 25.0 Å². The third-order valence-electron chi connectivity index (χ3n) is 3.22. The standard InChI is InChI=1S/C16H19BrN2O/c17-10-3-1-2-4-11-19-16(20)14-9-5-7-13-8-6-12-18-15(13)14/h5-9,12H,1-4,10-11H2,(H,19,20). The van der Waals surface area contributed by atoms with E-state index in [1.165, 1.54) is 12.8 Å². The Balaban J connectivity index is 1.91. The molecule has 1 aromatic heterocycles. The number of nitrogens with zero attached hydrogens (tertiary/aromatic N) is 1. The lowest BCUT2D eigenvalue weighted by atomic mass is 10.1. The summed E-state index contributed by atoms with van der Waals surface area (Å²) in [7, 11) is 0. The third-order valence-corrected chi connectivity index (χ3v) is 3.78. The number of pyridine rings is 1. The number of para-hydroxylation sites is 1. The first-order chi connectivity index (χ1) is 9.83. The molecule has 0 spiro atoms. The molecule has 0 aliphatic rings. The van der Waals surface area contributed by atoms with Crippen LogP contribution in [0.4, 0.5) is 0 Å². The lowest BCUT2D eigenvalue weighted by Gasteiger charge is -2.07. The highest BCUT2D eigenvalue weighted by Crippen LogP contribution is 2.15. The van der Waals surface area contributed by atoms with Crippen LogP contribution in [0.5, 0.6) is 0 Å². The molecular weight excluding hydrogens is 316 g/mol. The molecular formula is C16H19BrN2O. The van der Waals surface area contributed by atoms with E-state index in [-0.39, 0.29) is 5.91 Å². The number of rotatable bonds is 7. The summed E-state index contributed by atoms with van der Waals surface area (Å²) in [6.45, 7) is 0.727. The largest absolute Gasteiger partial charge is 0.352 e. The maximum absolute atomic E-state index is 12.2. The van der Waals surface area contributed by atoms with E-state index in [2.05, 4.69) is 26.2 Å². The van der Waals surface area contributed by atoms with Crippen LogP contribution in [0, 0.1) is 0 Å². The minimum absolute atomic E-state index is 0.0326. The Kier molecular flexibility index (Phi) is 5.99. The summed E-state index contributed by atoms with van der Waals surface area (Å²) >= 11 is 3.42. The number of benzene rings is 1. The van der Waals surface area contributed by atoms with Crippen LogP contribution in [0.25, 0.3) is 10.9 Å². The van der Waals surface area contributed by atoms with Crippen LogP contribution in [0.3, 0.4) is 0 Å². The SMILES string of the molecule is O=C(NCCCCCCBr)c1cccc2cccnc12. The summed E-state index contributed by atoms with van der Waals surface area (Å²) in [5.74, 6) is -0.0326. The van der Waals surface area contributed by atoms with Gasteiger partial charge >= 0.3 is 0 Å². The van der Waals surface area contributed by atoms with E-state index in [1.54, 1.807) is 6.20 Å². The van der Waals surface area contributed by atoms with E-state index < -0.39 is 0 Å². The second kappa shape index (κ2) is 8.00. The molecule has 0 atom stereocenters. The molecule has 0 unspecified atom stereocenters. The maximum atomic E-state index is 12.2. The quantitative estimate of drug-likeness (QED) is 0.615. The highest BCUT2D eigenvalue weighted by atomic mass is 79.9. The van der Waals surface area contributed by atoms with Gasteiger partial charge in [-0.2, -0.15) is 0 Å². The number of alkyl halides is 1. The smallest absolute Gasteiger partial charge is 0.253 e. The molecule has 2 aromatic rings. The van der Waals surface area contributed by atoms with Crippen molar-refractivity contribution in [1.82, 2.24) is 10.3 Å². The summed E-state index contributed by atoms with van der Waals surface area (Å²) in [4.78, 5) is 16.5. The van der Waals surface area contributed by atoms with Crippen LogP contribution >= 0.6 is 15.9 Å². The van der Waals surface area contributed by atoms with Crippen molar-refractivity contribution < 1.29 is 4.79 Å². The van der Waals surface area contributed by atoms with E-state index in [9.17, 15) is 4.79 Å². The molecule has 1 heterocycles. The predicted octanol–water partition coefficient (Wildman–Crippen LogP) is 3.92. The Bertz CT molecular complexity index is 566. The number of amides is 1. The zero-order valence-electron chi connectivity index (χ0n) is 11.4. The number of carbonyl (C=O) groups is 1. The Morgan fingerprint density at radius 2 is 1.90 bits per heavy atom. The number of fused-ring (bicyclic) bond motifs is 1. The van der Waals surface area contributed by atoms with Crippen LogP contribution in [0.1, 0.15) is 36.0 Å².